The zero-order valence-electron chi connectivity index (χ0n) is 15.3. The van der Waals surface area contributed by atoms with Crippen molar-refractivity contribution in [3.05, 3.63) is 86.7 Å². The number of halogens is 2. The predicted molar refractivity (Wildman–Crippen MR) is 109 cm³/mol. The molecule has 0 spiro atoms. The number of hydrogen-bond acceptors (Lipinski definition) is 3. The molecule has 3 N–H and O–H groups in total. The molecule has 146 valence electrons. The maximum atomic E-state index is 10.8. The molecule has 0 saturated heterocycles. The third-order valence-electron chi connectivity index (χ3n) is 3.91. The normalized spacial score (nSPS) is 10.1. The lowest BCUT2D eigenvalue weighted by Crippen LogP contribution is -2.10. The van der Waals surface area contributed by atoms with Crippen LogP contribution in [-0.4, -0.2) is 26.8 Å². The number of carbonyl (C=O) groups excluding carboxylic acids is 1. The van der Waals surface area contributed by atoms with Gasteiger partial charge in [-0.2, -0.15) is 5.10 Å². The number of aromatic carboxylic acids is 1. The highest BCUT2D eigenvalue weighted by molar-refractivity contribution is 6.35. The van der Waals surface area contributed by atoms with Crippen molar-refractivity contribution >= 4 is 35.1 Å². The summed E-state index contributed by atoms with van der Waals surface area (Å²) in [5, 5.41) is 13.9. The standard InChI is InChI=1S/C12H10Cl2N2O2.C8H9NO/c1-7-5-11(12(17)18)15-16(7)6-8-9(13)3-2-4-10(8)14;1-6-2-4-7(5-3-6)8(9)10/h2-5H,6H2,1H3,(H,17,18);2-5H,1H3,(H2,9,10). The Labute approximate surface area is 172 Å². The molecule has 3 aromatic rings. The topological polar surface area (TPSA) is 98.2 Å². The number of carboxylic acids is 1. The van der Waals surface area contributed by atoms with Crippen molar-refractivity contribution in [1.82, 2.24) is 9.78 Å². The van der Waals surface area contributed by atoms with Gasteiger partial charge in [-0.15, -0.1) is 0 Å². The van der Waals surface area contributed by atoms with Crippen molar-refractivity contribution in [3.8, 4) is 0 Å². The van der Waals surface area contributed by atoms with Gasteiger partial charge in [0, 0.05) is 26.9 Å². The van der Waals surface area contributed by atoms with Gasteiger partial charge < -0.3 is 10.8 Å². The molecule has 8 heteroatoms. The molecule has 2 aromatic carbocycles. The number of nitrogens with zero attached hydrogens (tertiary/aromatic N) is 2. The summed E-state index contributed by atoms with van der Waals surface area (Å²) >= 11 is 12.1. The minimum atomic E-state index is -1.05. The van der Waals surface area contributed by atoms with E-state index in [1.165, 1.54) is 6.07 Å². The Morgan fingerprint density at radius 3 is 2.11 bits per heavy atom. The Morgan fingerprint density at radius 2 is 1.64 bits per heavy atom. The lowest BCUT2D eigenvalue weighted by Gasteiger charge is -2.08. The van der Waals surface area contributed by atoms with Gasteiger partial charge in [-0.25, -0.2) is 4.79 Å². The van der Waals surface area contributed by atoms with E-state index >= 15 is 0 Å². The quantitative estimate of drug-likeness (QED) is 0.656. The largest absolute Gasteiger partial charge is 0.476 e. The van der Waals surface area contributed by atoms with Crippen LogP contribution >= 0.6 is 23.2 Å². The number of carbonyl (C=O) groups is 2. The van der Waals surface area contributed by atoms with Gasteiger partial charge in [0.25, 0.3) is 0 Å². The summed E-state index contributed by atoms with van der Waals surface area (Å²) in [7, 11) is 0. The Bertz CT molecular complexity index is 978. The van der Waals surface area contributed by atoms with E-state index in [1.54, 1.807) is 41.9 Å². The van der Waals surface area contributed by atoms with E-state index in [1.807, 2.05) is 19.1 Å². The highest BCUT2D eigenvalue weighted by Gasteiger charge is 2.13. The molecule has 3 rings (SSSR count). The van der Waals surface area contributed by atoms with E-state index in [-0.39, 0.29) is 11.6 Å². The predicted octanol–water partition coefficient (Wildman–Crippen LogP) is 4.34. The minimum Gasteiger partial charge on any atom is -0.476 e. The highest BCUT2D eigenvalue weighted by Crippen LogP contribution is 2.25. The summed E-state index contributed by atoms with van der Waals surface area (Å²) in [6.07, 6.45) is 0. The van der Waals surface area contributed by atoms with Crippen molar-refractivity contribution in [3.63, 3.8) is 0 Å². The average Bonchev–Trinajstić information content (AvgIpc) is 3.00. The number of aromatic nitrogens is 2. The van der Waals surface area contributed by atoms with Crippen LogP contribution in [0.1, 0.15) is 37.7 Å². The Balaban J connectivity index is 0.000000237. The van der Waals surface area contributed by atoms with Gasteiger partial charge in [-0.1, -0.05) is 47.0 Å². The fourth-order valence-corrected chi connectivity index (χ4v) is 2.84. The Kier molecular flexibility index (Phi) is 7.20. The SMILES string of the molecule is Cc1cc(C(=O)O)nn1Cc1c(Cl)cccc1Cl.Cc1ccc(C(N)=O)cc1. The van der Waals surface area contributed by atoms with Crippen molar-refractivity contribution in [2.24, 2.45) is 5.73 Å². The summed E-state index contributed by atoms with van der Waals surface area (Å²) in [5.41, 5.74) is 8.19. The third kappa shape index (κ3) is 5.58. The molecule has 6 nitrogen and oxygen atoms in total. The number of benzene rings is 2. The zero-order valence-corrected chi connectivity index (χ0v) is 16.8. The van der Waals surface area contributed by atoms with E-state index in [0.717, 1.165) is 16.8 Å². The summed E-state index contributed by atoms with van der Waals surface area (Å²) in [6.45, 7) is 4.09. The molecular formula is C20H19Cl2N3O3. The van der Waals surface area contributed by atoms with Crippen molar-refractivity contribution < 1.29 is 14.7 Å². The zero-order chi connectivity index (χ0) is 20.8. The van der Waals surface area contributed by atoms with Gasteiger partial charge in [-0.3, -0.25) is 9.48 Å². The number of nitrogens with two attached hydrogens (primary N) is 1. The molecule has 0 saturated carbocycles. The van der Waals surface area contributed by atoms with E-state index in [2.05, 4.69) is 5.10 Å². The van der Waals surface area contributed by atoms with E-state index in [4.69, 9.17) is 34.0 Å². The molecule has 0 atom stereocenters. The van der Waals surface area contributed by atoms with Crippen LogP contribution in [0, 0.1) is 13.8 Å². The number of primary amides is 1. The molecule has 28 heavy (non-hydrogen) atoms. The summed E-state index contributed by atoms with van der Waals surface area (Å²) < 4.78 is 1.57. The van der Waals surface area contributed by atoms with Crippen molar-refractivity contribution in [2.75, 3.05) is 0 Å². The summed E-state index contributed by atoms with van der Waals surface area (Å²) in [6, 6.07) is 13.9. The maximum absolute atomic E-state index is 10.8. The molecule has 0 aliphatic carbocycles. The second kappa shape index (κ2) is 9.39. The maximum Gasteiger partial charge on any atom is 0.356 e. The first-order chi connectivity index (χ1) is 13.2. The van der Waals surface area contributed by atoms with Crippen LogP contribution in [0.2, 0.25) is 10.0 Å². The number of amides is 1. The molecule has 0 unspecified atom stereocenters. The molecule has 0 aliphatic rings. The van der Waals surface area contributed by atoms with Crippen LogP contribution in [0.4, 0.5) is 0 Å². The van der Waals surface area contributed by atoms with Crippen LogP contribution < -0.4 is 5.73 Å². The van der Waals surface area contributed by atoms with E-state index in [9.17, 15) is 9.59 Å². The van der Waals surface area contributed by atoms with Gasteiger partial charge >= 0.3 is 5.97 Å². The average molecular weight is 420 g/mol. The lowest BCUT2D eigenvalue weighted by atomic mass is 10.1. The first kappa shape index (κ1) is 21.5. The van der Waals surface area contributed by atoms with Crippen LogP contribution in [0.3, 0.4) is 0 Å². The smallest absolute Gasteiger partial charge is 0.356 e. The number of carboxylic acid groups (broad SMARTS) is 1. The molecule has 0 aliphatic heterocycles. The van der Waals surface area contributed by atoms with Gasteiger partial charge in [0.1, 0.15) is 0 Å². The van der Waals surface area contributed by atoms with Gasteiger partial charge in [0.15, 0.2) is 5.69 Å². The Morgan fingerprint density at radius 1 is 1.07 bits per heavy atom. The Hall–Kier alpha value is -2.83. The fourth-order valence-electron chi connectivity index (χ4n) is 2.33. The van der Waals surface area contributed by atoms with Crippen molar-refractivity contribution in [1.29, 1.82) is 0 Å². The molecule has 1 amide bonds. The molecule has 1 heterocycles. The van der Waals surface area contributed by atoms with Crippen LogP contribution in [0.15, 0.2) is 48.5 Å². The molecule has 0 radical (unpaired) electrons. The third-order valence-corrected chi connectivity index (χ3v) is 4.61. The van der Waals surface area contributed by atoms with E-state index in [0.29, 0.717) is 22.2 Å². The highest BCUT2D eigenvalue weighted by atomic mass is 35.5. The van der Waals surface area contributed by atoms with Crippen LogP contribution in [-0.2, 0) is 6.54 Å². The first-order valence-electron chi connectivity index (χ1n) is 8.26. The van der Waals surface area contributed by atoms with E-state index < -0.39 is 5.97 Å². The minimum absolute atomic E-state index is 0.00989. The monoisotopic (exact) mass is 419 g/mol. The number of aryl methyl sites for hydroxylation is 2. The molecule has 1 aromatic heterocycles. The summed E-state index contributed by atoms with van der Waals surface area (Å²) in [4.78, 5) is 21.4. The molecule has 0 bridgehead atoms. The molecule has 0 fully saturated rings. The number of hydrogen-bond donors (Lipinski definition) is 2. The second-order valence-corrected chi connectivity index (χ2v) is 6.88. The van der Waals surface area contributed by atoms with Gasteiger partial charge in [-0.05, 0) is 44.2 Å². The second-order valence-electron chi connectivity index (χ2n) is 6.06. The van der Waals surface area contributed by atoms with Crippen LogP contribution in [0.25, 0.3) is 0 Å². The first-order valence-corrected chi connectivity index (χ1v) is 9.01. The van der Waals surface area contributed by atoms with Gasteiger partial charge in [0.05, 0.1) is 6.54 Å². The summed E-state index contributed by atoms with van der Waals surface area (Å²) in [5.74, 6) is -1.43. The van der Waals surface area contributed by atoms with Gasteiger partial charge in [0.2, 0.25) is 5.91 Å². The fraction of sp³-hybridized carbons (Fsp3) is 0.150. The lowest BCUT2D eigenvalue weighted by molar-refractivity contribution is 0.0689. The molecular weight excluding hydrogens is 401 g/mol. The van der Waals surface area contributed by atoms with Crippen LogP contribution in [0.5, 0.6) is 0 Å². The number of rotatable bonds is 4. The van der Waals surface area contributed by atoms with Crippen molar-refractivity contribution in [2.45, 2.75) is 20.4 Å².